The molecular weight excluding hydrogens is 1180 g/mol. The minimum atomic E-state index is -1.26. The second-order valence-corrected chi connectivity index (χ2v) is 19.5. The molecule has 91 heavy (non-hydrogen) atoms. The molecule has 484 valence electrons. The van der Waals surface area contributed by atoms with Crippen LogP contribution in [0, 0.1) is 41.5 Å². The van der Waals surface area contributed by atoms with E-state index in [0.29, 0.717) is 76.4 Å². The maximum atomic E-state index is 5.31. The normalized spacial score (nSPS) is 10.5. The first kappa shape index (κ1) is 75.4. The fourth-order valence-corrected chi connectivity index (χ4v) is 7.79. The van der Waals surface area contributed by atoms with Crippen molar-refractivity contribution in [3.05, 3.63) is 239 Å². The predicted molar refractivity (Wildman–Crippen MR) is 354 cm³/mol. The summed E-state index contributed by atoms with van der Waals surface area (Å²) < 4.78 is 12.8. The fraction of sp³-hybridized carbons (Fsp3) is 0.293. The lowest BCUT2D eigenvalue weighted by atomic mass is 9.93. The Hall–Kier alpha value is -9.81. The van der Waals surface area contributed by atoms with E-state index >= 15 is 0 Å². The van der Waals surface area contributed by atoms with E-state index in [4.69, 9.17) is 71.3 Å². The van der Waals surface area contributed by atoms with Gasteiger partial charge in [-0.05, 0) is 101 Å². The average molecular weight is 1260 g/mol. The summed E-state index contributed by atoms with van der Waals surface area (Å²) in [5.41, 5.74) is 57.3. The molecule has 0 saturated heterocycles. The Labute approximate surface area is 534 Å². The number of nitrogens with zero attached hydrogens (tertiary/aromatic N) is 21. The summed E-state index contributed by atoms with van der Waals surface area (Å²) in [4.78, 5) is 53.7. The van der Waals surface area contributed by atoms with Gasteiger partial charge in [0.15, 0.2) is 0 Å². The monoisotopic (exact) mass is 1260 g/mol. The van der Waals surface area contributed by atoms with Crippen molar-refractivity contribution in [2.45, 2.75) is 100 Å². The van der Waals surface area contributed by atoms with Crippen molar-refractivity contribution in [2.24, 2.45) is 63.6 Å². The summed E-state index contributed by atoms with van der Waals surface area (Å²) in [6, 6.07) is 15.5. The SMILES string of the molecule is Cc1cc(C)n([BH-](n2nc(C)cc2C)n2nc(C)cc2C)n1.Cn1ccnc1CN.NCC1=NC=CC1.NCc1ccccn1.NCc1ccncn1.NCc1cnccn1.NCc1ncccn1.NCc1ncco1.NCc1nccs1.NCc1ncncn1. The second kappa shape index (κ2) is 45.5. The van der Waals surface area contributed by atoms with Crippen LogP contribution in [0.4, 0.5) is 0 Å². The Balaban J connectivity index is 0.000000273. The van der Waals surface area contributed by atoms with E-state index in [0.717, 1.165) is 74.2 Å². The number of rotatable bonds is 12. The molecule has 0 saturated carbocycles. The highest BCUT2D eigenvalue weighted by molar-refractivity contribution is 7.09. The molecule has 33 heteroatoms. The van der Waals surface area contributed by atoms with Gasteiger partial charge >= 0.3 is 7.12 Å². The molecule has 1 aliphatic heterocycles. The lowest BCUT2D eigenvalue weighted by molar-refractivity contribution is 0.498. The summed E-state index contributed by atoms with van der Waals surface area (Å²) in [7, 11) is 0.667. The molecule has 0 aromatic carbocycles. The molecule has 0 spiro atoms. The van der Waals surface area contributed by atoms with Crippen molar-refractivity contribution in [1.82, 2.24) is 98.4 Å². The van der Waals surface area contributed by atoms with Crippen molar-refractivity contribution in [3.63, 3.8) is 0 Å². The van der Waals surface area contributed by atoms with Gasteiger partial charge in [-0.25, -0.2) is 65.1 Å². The Morgan fingerprint density at radius 2 is 1.07 bits per heavy atom. The molecular formula is C58H86BN30OS-. The molecule has 0 amide bonds. The number of oxazole rings is 1. The number of allylic oxidation sites excluding steroid dienone is 1. The number of hydrogen-bond donors (Lipinski definition) is 9. The summed E-state index contributed by atoms with van der Waals surface area (Å²) in [5, 5.41) is 17.0. The van der Waals surface area contributed by atoms with E-state index in [1.165, 1.54) is 25.2 Å². The van der Waals surface area contributed by atoms with Crippen LogP contribution < -0.4 is 51.6 Å². The van der Waals surface area contributed by atoms with E-state index in [1.54, 1.807) is 91.6 Å². The summed E-state index contributed by atoms with van der Waals surface area (Å²) in [5.74, 6) is 2.82. The van der Waals surface area contributed by atoms with Crippen LogP contribution in [0.15, 0.2) is 169 Å². The average Bonchev–Trinajstić information content (AvgIpc) is 1.70. The van der Waals surface area contributed by atoms with Crippen molar-refractivity contribution in [3.8, 4) is 0 Å². The molecule has 1 aliphatic rings. The summed E-state index contributed by atoms with van der Waals surface area (Å²) >= 11 is 1.59. The van der Waals surface area contributed by atoms with Gasteiger partial charge in [0.2, 0.25) is 5.89 Å². The van der Waals surface area contributed by atoms with E-state index in [9.17, 15) is 0 Å². The van der Waals surface area contributed by atoms with Crippen LogP contribution in [0.2, 0.25) is 0 Å². The lowest BCUT2D eigenvalue weighted by Crippen LogP contribution is -2.45. The largest absolute Gasteiger partial charge is 0.448 e. The maximum absolute atomic E-state index is 5.31. The number of thiazole rings is 1. The second-order valence-electron chi connectivity index (χ2n) is 18.6. The van der Waals surface area contributed by atoms with Crippen molar-refractivity contribution < 1.29 is 4.42 Å². The molecule has 0 bridgehead atoms. The number of imidazole rings is 1. The molecule has 18 N–H and O–H groups in total. The highest BCUT2D eigenvalue weighted by Gasteiger charge is 2.19. The lowest BCUT2D eigenvalue weighted by Gasteiger charge is -2.30. The number of aryl methyl sites for hydroxylation is 7. The molecule has 31 nitrogen and oxygen atoms in total. The van der Waals surface area contributed by atoms with Gasteiger partial charge in [0.25, 0.3) is 0 Å². The zero-order valence-corrected chi connectivity index (χ0v) is 53.5. The topological polar surface area (TPSA) is 486 Å². The van der Waals surface area contributed by atoms with Crippen molar-refractivity contribution >= 4 is 24.2 Å². The van der Waals surface area contributed by atoms with Crippen molar-refractivity contribution in [2.75, 3.05) is 6.54 Å². The third kappa shape index (κ3) is 30.3. The van der Waals surface area contributed by atoms with Crippen LogP contribution >= 0.6 is 11.3 Å². The summed E-state index contributed by atoms with van der Waals surface area (Å²) in [6.07, 6.45) is 29.2. The van der Waals surface area contributed by atoms with Gasteiger partial charge in [0.1, 0.15) is 47.7 Å². The Morgan fingerprint density at radius 3 is 1.36 bits per heavy atom. The number of aromatic nitrogens is 20. The predicted octanol–water partition coefficient (Wildman–Crippen LogP) is 2.38. The van der Waals surface area contributed by atoms with Gasteiger partial charge in [0.05, 0.1) is 66.5 Å². The van der Waals surface area contributed by atoms with Crippen molar-refractivity contribution in [1.29, 1.82) is 0 Å². The number of pyridine rings is 1. The molecule has 11 aromatic rings. The van der Waals surface area contributed by atoms with E-state index in [-0.39, 0.29) is 0 Å². The number of aliphatic imine (C=N–C) groups is 1. The zero-order chi connectivity index (χ0) is 66.4. The molecule has 0 fully saturated rings. The maximum Gasteiger partial charge on any atom is 0.326 e. The third-order valence-corrected chi connectivity index (χ3v) is 12.4. The molecule has 12 rings (SSSR count). The van der Waals surface area contributed by atoms with Crippen LogP contribution in [0.25, 0.3) is 0 Å². The van der Waals surface area contributed by atoms with Gasteiger partial charge in [-0.3, -0.25) is 19.9 Å². The van der Waals surface area contributed by atoms with Crippen LogP contribution in [0.5, 0.6) is 0 Å². The molecule has 0 unspecified atom stereocenters. The first-order chi connectivity index (χ1) is 44.2. The van der Waals surface area contributed by atoms with Gasteiger partial charge in [0, 0.05) is 125 Å². The first-order valence-corrected chi connectivity index (χ1v) is 29.3. The van der Waals surface area contributed by atoms with Crippen LogP contribution in [-0.4, -0.2) is 118 Å². The Kier molecular flexibility index (Phi) is 37.7. The highest BCUT2D eigenvalue weighted by atomic mass is 32.1. The van der Waals surface area contributed by atoms with E-state index in [2.05, 4.69) is 123 Å². The van der Waals surface area contributed by atoms with Gasteiger partial charge < -0.3 is 74.4 Å². The molecule has 0 atom stereocenters. The molecule has 0 aliphatic carbocycles. The van der Waals surface area contributed by atoms with Crippen LogP contribution in [0.3, 0.4) is 0 Å². The molecule has 12 heterocycles. The van der Waals surface area contributed by atoms with E-state index < -0.39 is 7.12 Å². The Morgan fingerprint density at radius 1 is 0.484 bits per heavy atom. The van der Waals surface area contributed by atoms with Gasteiger partial charge in [-0.15, -0.1) is 11.3 Å². The van der Waals surface area contributed by atoms with E-state index in [1.807, 2.05) is 68.2 Å². The van der Waals surface area contributed by atoms with Crippen LogP contribution in [0.1, 0.15) is 86.0 Å². The minimum Gasteiger partial charge on any atom is -0.448 e. The number of hydrogen-bond acceptors (Lipinski definition) is 28. The molecule has 0 radical (unpaired) electrons. The quantitative estimate of drug-likeness (QED) is 0.0793. The third-order valence-electron chi connectivity index (χ3n) is 11.6. The van der Waals surface area contributed by atoms with Crippen LogP contribution in [-0.2, 0) is 59.4 Å². The standard InChI is InChI=1S/C15H22BN6.C6H8N2.C5H9N3.3C5H7N3.C5H8N2.C4H6N4.C4H6N2O.C4H6N2S/c1-10-7-13(4)20(17-10)16(21-14(5)8-11(2)18-21)22-15(6)9-12(3)19-22;7-5-6-3-1-2-4-8-6;1-8-3-2-7-5(8)4-6;6-3-5-4-7-1-2-8-5;6-3-5-1-2-7-4-8-5;6-4-5-7-2-1-3-8-5;6-4-5-2-1-3-7-5;5-1-4-7-2-6-3-8-4;2*5-3-4-6-1-2-7-4/h7-9,16H,1-6H3;1-4H,5,7H2;2-3H,4,6H2,1H3;2*1-2,4H,3,6H2;1-3H,4,6H2;1,3H,2,4,6H2;2-3H,1,5H2;2*1-2H,3,5H2/q-1;;;;;;;;;. The fourth-order valence-electron chi connectivity index (χ4n) is 7.30. The minimum absolute atomic E-state index is 0.377. The van der Waals surface area contributed by atoms with Gasteiger partial charge in [-0.2, -0.15) is 0 Å². The van der Waals surface area contributed by atoms with Gasteiger partial charge in [-0.1, -0.05) is 12.1 Å². The molecule has 11 aromatic heterocycles. The number of nitrogens with two attached hydrogens (primary N) is 9. The first-order valence-electron chi connectivity index (χ1n) is 28.4. The highest BCUT2D eigenvalue weighted by Crippen LogP contribution is 2.13. The smallest absolute Gasteiger partial charge is 0.326 e. The summed E-state index contributed by atoms with van der Waals surface area (Å²) in [6.45, 7) is 16.6. The Bertz CT molecular complexity index is 3210. The zero-order valence-electron chi connectivity index (χ0n) is 52.7.